The Hall–Kier alpha value is -1.85. The molecule has 14 heavy (non-hydrogen) atoms. The molecule has 0 aliphatic rings. The van der Waals surface area contributed by atoms with Gasteiger partial charge in [-0.15, -0.1) is 0 Å². The largest absolute Gasteiger partial charge is 0.465 e. The molecule has 2 N–H and O–H groups in total. The summed E-state index contributed by atoms with van der Waals surface area (Å²) in [7, 11) is 0. The molecule has 1 heterocycles. The molecular weight excluding hydrogens is 186 g/mol. The molecule has 0 aliphatic carbocycles. The van der Waals surface area contributed by atoms with Gasteiger partial charge in [0.05, 0.1) is 6.61 Å². The quantitative estimate of drug-likeness (QED) is 0.653. The van der Waals surface area contributed by atoms with Gasteiger partial charge in [0.2, 0.25) is 0 Å². The third-order valence-electron chi connectivity index (χ3n) is 1.50. The molecule has 76 valence electrons. The molecule has 0 spiro atoms. The third kappa shape index (κ3) is 2.58. The SMILES string of the molecule is CCOC(=O)Cn1ccc(N)nc1=O. The van der Waals surface area contributed by atoms with E-state index in [-0.39, 0.29) is 19.0 Å². The van der Waals surface area contributed by atoms with Gasteiger partial charge < -0.3 is 10.5 Å². The van der Waals surface area contributed by atoms with E-state index in [1.165, 1.54) is 12.3 Å². The minimum absolute atomic E-state index is 0.134. The van der Waals surface area contributed by atoms with E-state index in [4.69, 9.17) is 5.73 Å². The van der Waals surface area contributed by atoms with Crippen molar-refractivity contribution < 1.29 is 9.53 Å². The van der Waals surface area contributed by atoms with Crippen molar-refractivity contribution in [1.29, 1.82) is 0 Å². The predicted molar refractivity (Wildman–Crippen MR) is 49.5 cm³/mol. The Kier molecular flexibility index (Phi) is 3.22. The smallest absolute Gasteiger partial charge is 0.350 e. The Bertz CT molecular complexity index is 386. The minimum atomic E-state index is -0.557. The van der Waals surface area contributed by atoms with Crippen LogP contribution in [-0.4, -0.2) is 22.1 Å². The molecule has 0 saturated heterocycles. The van der Waals surface area contributed by atoms with Crippen LogP contribution < -0.4 is 11.4 Å². The van der Waals surface area contributed by atoms with Crippen molar-refractivity contribution in [3.8, 4) is 0 Å². The lowest BCUT2D eigenvalue weighted by Gasteiger charge is -2.03. The van der Waals surface area contributed by atoms with Crippen LogP contribution in [0, 0.1) is 0 Å². The van der Waals surface area contributed by atoms with E-state index in [1.807, 2.05) is 0 Å². The number of hydrogen-bond acceptors (Lipinski definition) is 5. The number of nitrogen functional groups attached to an aromatic ring is 1. The molecule has 1 aromatic heterocycles. The van der Waals surface area contributed by atoms with Crippen LogP contribution in [0.1, 0.15) is 6.92 Å². The molecule has 6 heteroatoms. The Labute approximate surface area is 80.3 Å². The van der Waals surface area contributed by atoms with Crippen LogP contribution in [-0.2, 0) is 16.1 Å². The zero-order chi connectivity index (χ0) is 10.6. The van der Waals surface area contributed by atoms with Crippen LogP contribution in [0.3, 0.4) is 0 Å². The van der Waals surface area contributed by atoms with Crippen LogP contribution in [0.2, 0.25) is 0 Å². The Morgan fingerprint density at radius 1 is 1.71 bits per heavy atom. The highest BCUT2D eigenvalue weighted by atomic mass is 16.5. The number of esters is 1. The summed E-state index contributed by atoms with van der Waals surface area (Å²) < 4.78 is 5.81. The second kappa shape index (κ2) is 4.40. The number of ether oxygens (including phenoxy) is 1. The van der Waals surface area contributed by atoms with Crippen LogP contribution in [0.4, 0.5) is 5.82 Å². The Balaban J connectivity index is 2.77. The molecule has 0 saturated carbocycles. The van der Waals surface area contributed by atoms with Crippen molar-refractivity contribution in [2.24, 2.45) is 0 Å². The fourth-order valence-corrected chi connectivity index (χ4v) is 0.908. The second-order valence-corrected chi connectivity index (χ2v) is 2.57. The van der Waals surface area contributed by atoms with E-state index in [1.54, 1.807) is 6.92 Å². The average molecular weight is 197 g/mol. The van der Waals surface area contributed by atoms with E-state index < -0.39 is 11.7 Å². The summed E-state index contributed by atoms with van der Waals surface area (Å²) >= 11 is 0. The monoisotopic (exact) mass is 197 g/mol. The first-order chi connectivity index (χ1) is 6.63. The molecular formula is C8H11N3O3. The topological polar surface area (TPSA) is 87.2 Å². The normalized spacial score (nSPS) is 9.79. The highest BCUT2D eigenvalue weighted by Gasteiger charge is 2.04. The Morgan fingerprint density at radius 2 is 2.43 bits per heavy atom. The van der Waals surface area contributed by atoms with Crippen LogP contribution in [0.15, 0.2) is 17.1 Å². The predicted octanol–water partition coefficient (Wildman–Crippen LogP) is -0.611. The van der Waals surface area contributed by atoms with E-state index in [0.717, 1.165) is 4.57 Å². The summed E-state index contributed by atoms with van der Waals surface area (Å²) in [5.74, 6) is -0.337. The van der Waals surface area contributed by atoms with Gasteiger partial charge in [0, 0.05) is 6.20 Å². The fourth-order valence-electron chi connectivity index (χ4n) is 0.908. The van der Waals surface area contributed by atoms with Gasteiger partial charge in [0.15, 0.2) is 0 Å². The summed E-state index contributed by atoms with van der Waals surface area (Å²) in [6.07, 6.45) is 1.40. The van der Waals surface area contributed by atoms with E-state index in [2.05, 4.69) is 9.72 Å². The first kappa shape index (κ1) is 10.2. The maximum absolute atomic E-state index is 11.1. The lowest BCUT2D eigenvalue weighted by Crippen LogP contribution is -2.27. The molecule has 0 amide bonds. The molecule has 6 nitrogen and oxygen atoms in total. The molecule has 0 atom stereocenters. The van der Waals surface area contributed by atoms with E-state index >= 15 is 0 Å². The van der Waals surface area contributed by atoms with Crippen molar-refractivity contribution in [2.45, 2.75) is 13.5 Å². The lowest BCUT2D eigenvalue weighted by atomic mass is 10.5. The molecule has 0 radical (unpaired) electrons. The molecule has 1 rings (SSSR count). The molecule has 0 bridgehead atoms. The molecule has 0 aromatic carbocycles. The molecule has 0 unspecified atom stereocenters. The number of aromatic nitrogens is 2. The summed E-state index contributed by atoms with van der Waals surface area (Å²) in [6.45, 7) is 1.85. The van der Waals surface area contributed by atoms with Crippen molar-refractivity contribution >= 4 is 11.8 Å². The zero-order valence-electron chi connectivity index (χ0n) is 7.77. The van der Waals surface area contributed by atoms with Gasteiger partial charge in [-0.3, -0.25) is 9.36 Å². The fraction of sp³-hybridized carbons (Fsp3) is 0.375. The van der Waals surface area contributed by atoms with E-state index in [0.29, 0.717) is 0 Å². The first-order valence-corrected chi connectivity index (χ1v) is 4.12. The second-order valence-electron chi connectivity index (χ2n) is 2.57. The zero-order valence-corrected chi connectivity index (χ0v) is 7.77. The van der Waals surface area contributed by atoms with E-state index in [9.17, 15) is 9.59 Å². The van der Waals surface area contributed by atoms with Gasteiger partial charge in [0.1, 0.15) is 12.4 Å². The van der Waals surface area contributed by atoms with Crippen LogP contribution in [0.25, 0.3) is 0 Å². The summed E-state index contributed by atoms with van der Waals surface area (Å²) in [4.78, 5) is 25.6. The van der Waals surface area contributed by atoms with Crippen molar-refractivity contribution in [3.05, 3.63) is 22.7 Å². The average Bonchev–Trinajstić information content (AvgIpc) is 2.10. The molecule has 0 aliphatic heterocycles. The number of hydrogen-bond donors (Lipinski definition) is 1. The summed E-state index contributed by atoms with van der Waals surface area (Å²) in [6, 6.07) is 1.45. The van der Waals surface area contributed by atoms with Crippen molar-refractivity contribution in [3.63, 3.8) is 0 Å². The number of nitrogens with zero attached hydrogens (tertiary/aromatic N) is 2. The van der Waals surface area contributed by atoms with Gasteiger partial charge in [-0.2, -0.15) is 4.98 Å². The lowest BCUT2D eigenvalue weighted by molar-refractivity contribution is -0.143. The highest BCUT2D eigenvalue weighted by molar-refractivity contribution is 5.69. The standard InChI is InChI=1S/C8H11N3O3/c1-2-14-7(12)5-11-4-3-6(9)10-8(11)13/h3-4H,2,5H2,1H3,(H2,9,10,13). The number of anilines is 1. The van der Waals surface area contributed by atoms with Gasteiger partial charge in [0.25, 0.3) is 0 Å². The third-order valence-corrected chi connectivity index (χ3v) is 1.50. The molecule has 0 fully saturated rings. The minimum Gasteiger partial charge on any atom is -0.465 e. The van der Waals surface area contributed by atoms with Crippen LogP contribution >= 0.6 is 0 Å². The number of carbonyl (C=O) groups excluding carboxylic acids is 1. The number of rotatable bonds is 3. The van der Waals surface area contributed by atoms with Gasteiger partial charge in [-0.05, 0) is 13.0 Å². The summed E-state index contributed by atoms with van der Waals surface area (Å²) in [5.41, 5.74) is 4.72. The highest BCUT2D eigenvalue weighted by Crippen LogP contribution is 1.90. The van der Waals surface area contributed by atoms with Crippen molar-refractivity contribution in [1.82, 2.24) is 9.55 Å². The first-order valence-electron chi connectivity index (χ1n) is 4.12. The van der Waals surface area contributed by atoms with Gasteiger partial charge >= 0.3 is 11.7 Å². The molecule has 1 aromatic rings. The van der Waals surface area contributed by atoms with Gasteiger partial charge in [-0.1, -0.05) is 0 Å². The van der Waals surface area contributed by atoms with Crippen molar-refractivity contribution in [2.75, 3.05) is 12.3 Å². The number of nitrogens with two attached hydrogens (primary N) is 1. The number of carbonyl (C=O) groups is 1. The maximum Gasteiger partial charge on any atom is 0.350 e. The maximum atomic E-state index is 11.1. The summed E-state index contributed by atoms with van der Waals surface area (Å²) in [5, 5.41) is 0. The Morgan fingerprint density at radius 3 is 3.00 bits per heavy atom. The van der Waals surface area contributed by atoms with Crippen LogP contribution in [0.5, 0.6) is 0 Å². The van der Waals surface area contributed by atoms with Gasteiger partial charge in [-0.25, -0.2) is 4.79 Å².